The fraction of sp³-hybridized carbons (Fsp3) is 0.600. The molecule has 0 aromatic rings. The maximum Gasteiger partial charge on any atom is 0.326 e. The number of nitrogens with one attached hydrogen (secondary N) is 1. The molecule has 1 rings (SSSR count). The molecule has 74 valence electrons. The van der Waals surface area contributed by atoms with Crippen LogP contribution >= 0.6 is 0 Å². The first-order chi connectivity index (χ1) is 4.20. The minimum atomic E-state index is -0.944. The molecular formula is C5H13NO6. The van der Waals surface area contributed by atoms with Crippen molar-refractivity contribution in [2.45, 2.75) is 18.9 Å². The number of rotatable bonds is 1. The SMILES string of the molecule is O.O.O.O=C1CCC(C(=O)O)N1. The lowest BCUT2D eigenvalue weighted by molar-refractivity contribution is -0.140. The molecule has 0 aromatic carbocycles. The standard InChI is InChI=1S/C5H7NO3.3H2O/c7-4-2-1-3(6-4)5(8)9;;;/h3H,1-2H2,(H,6,7)(H,8,9);3*1H2. The highest BCUT2D eigenvalue weighted by Crippen LogP contribution is 2.05. The van der Waals surface area contributed by atoms with E-state index in [4.69, 9.17) is 5.11 Å². The van der Waals surface area contributed by atoms with Gasteiger partial charge in [0.05, 0.1) is 0 Å². The number of carbonyl (C=O) groups excluding carboxylic acids is 1. The Morgan fingerprint density at radius 2 is 1.92 bits per heavy atom. The quantitative estimate of drug-likeness (QED) is 0.440. The maximum absolute atomic E-state index is 10.4. The van der Waals surface area contributed by atoms with Crippen molar-refractivity contribution in [3.05, 3.63) is 0 Å². The van der Waals surface area contributed by atoms with Crippen molar-refractivity contribution in [1.82, 2.24) is 5.32 Å². The first-order valence-corrected chi connectivity index (χ1v) is 2.72. The molecule has 1 amide bonds. The third kappa shape index (κ3) is 3.86. The molecule has 1 aliphatic rings. The molecule has 7 heteroatoms. The number of carboxylic acid groups (broad SMARTS) is 1. The second-order valence-corrected chi connectivity index (χ2v) is 2.00. The van der Waals surface area contributed by atoms with E-state index in [0.717, 1.165) is 0 Å². The maximum atomic E-state index is 10.4. The van der Waals surface area contributed by atoms with Crippen LogP contribution in [0.1, 0.15) is 12.8 Å². The van der Waals surface area contributed by atoms with Crippen LogP contribution in [0.3, 0.4) is 0 Å². The lowest BCUT2D eigenvalue weighted by Gasteiger charge is -1.99. The first kappa shape index (κ1) is 17.1. The Morgan fingerprint density at radius 1 is 1.42 bits per heavy atom. The second-order valence-electron chi connectivity index (χ2n) is 2.00. The summed E-state index contributed by atoms with van der Waals surface area (Å²) in [5.74, 6) is -1.11. The van der Waals surface area contributed by atoms with E-state index in [9.17, 15) is 9.59 Å². The summed E-state index contributed by atoms with van der Waals surface area (Å²) in [6.07, 6.45) is 0.769. The van der Waals surface area contributed by atoms with Crippen LogP contribution in [-0.2, 0) is 9.59 Å². The molecule has 0 bridgehead atoms. The highest BCUT2D eigenvalue weighted by atomic mass is 16.4. The fourth-order valence-corrected chi connectivity index (χ4v) is 0.799. The average Bonchev–Trinajstić information content (AvgIpc) is 2.14. The summed E-state index contributed by atoms with van der Waals surface area (Å²) >= 11 is 0. The Bertz CT molecular complexity index is 158. The van der Waals surface area contributed by atoms with Crippen molar-refractivity contribution in [1.29, 1.82) is 0 Å². The van der Waals surface area contributed by atoms with Gasteiger partial charge < -0.3 is 26.9 Å². The topological polar surface area (TPSA) is 161 Å². The summed E-state index contributed by atoms with van der Waals surface area (Å²) in [6, 6.07) is -0.641. The van der Waals surface area contributed by atoms with Crippen molar-refractivity contribution in [2.75, 3.05) is 0 Å². The summed E-state index contributed by atoms with van der Waals surface area (Å²) in [4.78, 5) is 20.5. The fourth-order valence-electron chi connectivity index (χ4n) is 0.799. The number of amides is 1. The highest BCUT2D eigenvalue weighted by Gasteiger charge is 2.26. The van der Waals surface area contributed by atoms with Gasteiger partial charge in [-0.15, -0.1) is 0 Å². The Labute approximate surface area is 68.3 Å². The third-order valence-electron chi connectivity index (χ3n) is 1.29. The van der Waals surface area contributed by atoms with Crippen molar-refractivity contribution in [2.24, 2.45) is 0 Å². The molecule has 1 unspecified atom stereocenters. The van der Waals surface area contributed by atoms with Gasteiger partial charge in [-0.05, 0) is 6.42 Å². The zero-order valence-electron chi connectivity index (χ0n) is 6.26. The van der Waals surface area contributed by atoms with Crippen LogP contribution in [0.25, 0.3) is 0 Å². The average molecular weight is 183 g/mol. The van der Waals surface area contributed by atoms with Crippen molar-refractivity contribution >= 4 is 11.9 Å². The largest absolute Gasteiger partial charge is 0.480 e. The van der Waals surface area contributed by atoms with Crippen molar-refractivity contribution in [3.63, 3.8) is 0 Å². The molecule has 0 radical (unpaired) electrons. The van der Waals surface area contributed by atoms with Gasteiger partial charge in [0.2, 0.25) is 5.91 Å². The Morgan fingerprint density at radius 3 is 2.08 bits per heavy atom. The Balaban J connectivity index is -0.000000270. The second kappa shape index (κ2) is 6.53. The van der Waals surface area contributed by atoms with Gasteiger partial charge in [-0.2, -0.15) is 0 Å². The van der Waals surface area contributed by atoms with Crippen molar-refractivity contribution in [3.8, 4) is 0 Å². The van der Waals surface area contributed by atoms with Crippen LogP contribution in [0.15, 0.2) is 0 Å². The minimum Gasteiger partial charge on any atom is -0.480 e. The normalized spacial score (nSPS) is 19.3. The highest BCUT2D eigenvalue weighted by molar-refractivity contribution is 5.87. The number of hydrogen-bond donors (Lipinski definition) is 2. The van der Waals surface area contributed by atoms with Gasteiger partial charge in [-0.25, -0.2) is 4.79 Å². The van der Waals surface area contributed by atoms with E-state index in [2.05, 4.69) is 5.32 Å². The molecule has 0 saturated carbocycles. The van der Waals surface area contributed by atoms with E-state index in [0.29, 0.717) is 12.8 Å². The first-order valence-electron chi connectivity index (χ1n) is 2.72. The van der Waals surface area contributed by atoms with Crippen LogP contribution in [0, 0.1) is 0 Å². The molecule has 1 heterocycles. The predicted octanol–water partition coefficient (Wildman–Crippen LogP) is -3.12. The zero-order chi connectivity index (χ0) is 6.85. The van der Waals surface area contributed by atoms with Gasteiger partial charge in [0, 0.05) is 6.42 Å². The number of hydrogen-bond acceptors (Lipinski definition) is 2. The van der Waals surface area contributed by atoms with Gasteiger partial charge in [-0.1, -0.05) is 0 Å². The van der Waals surface area contributed by atoms with Gasteiger partial charge in [-0.3, -0.25) is 4.79 Å². The Hall–Kier alpha value is -1.18. The lowest BCUT2D eigenvalue weighted by atomic mass is 10.2. The van der Waals surface area contributed by atoms with E-state index in [-0.39, 0.29) is 22.3 Å². The van der Waals surface area contributed by atoms with Gasteiger partial charge in [0.25, 0.3) is 0 Å². The summed E-state index contributed by atoms with van der Waals surface area (Å²) in [7, 11) is 0. The predicted molar refractivity (Wildman–Crippen MR) is 39.6 cm³/mol. The molecule has 0 aromatic heterocycles. The van der Waals surface area contributed by atoms with E-state index in [1.165, 1.54) is 0 Å². The van der Waals surface area contributed by atoms with E-state index >= 15 is 0 Å². The summed E-state index contributed by atoms with van der Waals surface area (Å²) in [5.41, 5.74) is 0. The minimum absolute atomic E-state index is 0. The number of aliphatic carboxylic acids is 1. The van der Waals surface area contributed by atoms with Crippen LogP contribution in [0.2, 0.25) is 0 Å². The van der Waals surface area contributed by atoms with Gasteiger partial charge in [0.15, 0.2) is 0 Å². The van der Waals surface area contributed by atoms with Crippen molar-refractivity contribution < 1.29 is 31.1 Å². The number of carboxylic acids is 1. The monoisotopic (exact) mass is 183 g/mol. The smallest absolute Gasteiger partial charge is 0.326 e. The molecule has 1 aliphatic heterocycles. The zero-order valence-corrected chi connectivity index (χ0v) is 6.26. The molecule has 7 nitrogen and oxygen atoms in total. The Kier molecular flexibility index (Phi) is 9.28. The lowest BCUT2D eigenvalue weighted by Crippen LogP contribution is -2.32. The summed E-state index contributed by atoms with van der Waals surface area (Å²) in [5, 5.41) is 10.6. The van der Waals surface area contributed by atoms with Crippen LogP contribution in [0.5, 0.6) is 0 Å². The molecule has 12 heavy (non-hydrogen) atoms. The summed E-state index contributed by atoms with van der Waals surface area (Å²) in [6.45, 7) is 0. The van der Waals surface area contributed by atoms with E-state index in [1.807, 2.05) is 0 Å². The molecule has 8 N–H and O–H groups in total. The van der Waals surface area contributed by atoms with E-state index < -0.39 is 12.0 Å². The molecule has 1 fully saturated rings. The molecular weight excluding hydrogens is 170 g/mol. The third-order valence-corrected chi connectivity index (χ3v) is 1.29. The van der Waals surface area contributed by atoms with Gasteiger partial charge in [0.1, 0.15) is 6.04 Å². The molecule has 1 saturated heterocycles. The van der Waals surface area contributed by atoms with E-state index in [1.54, 1.807) is 0 Å². The van der Waals surface area contributed by atoms with Crippen LogP contribution in [-0.4, -0.2) is 39.5 Å². The summed E-state index contributed by atoms with van der Waals surface area (Å²) < 4.78 is 0. The van der Waals surface area contributed by atoms with Gasteiger partial charge >= 0.3 is 5.97 Å². The van der Waals surface area contributed by atoms with Crippen LogP contribution in [0.4, 0.5) is 0 Å². The molecule has 0 spiro atoms. The van der Waals surface area contributed by atoms with Crippen LogP contribution < -0.4 is 5.32 Å². The number of carbonyl (C=O) groups is 2. The molecule has 1 atom stereocenters. The molecule has 0 aliphatic carbocycles.